The van der Waals surface area contributed by atoms with Crippen molar-refractivity contribution < 1.29 is 19.1 Å². The van der Waals surface area contributed by atoms with Gasteiger partial charge in [-0.1, -0.05) is 42.5 Å². The average molecular weight is 388 g/mol. The van der Waals surface area contributed by atoms with Crippen LogP contribution in [0.25, 0.3) is 6.08 Å². The molecule has 0 N–H and O–H groups in total. The van der Waals surface area contributed by atoms with Gasteiger partial charge in [0, 0.05) is 23.4 Å². The quantitative estimate of drug-likeness (QED) is 0.460. The van der Waals surface area contributed by atoms with Crippen molar-refractivity contribution in [1.82, 2.24) is 4.57 Å². The van der Waals surface area contributed by atoms with E-state index in [9.17, 15) is 14.4 Å². The first-order chi connectivity index (χ1) is 14.1. The van der Waals surface area contributed by atoms with Gasteiger partial charge in [0.05, 0.1) is 36.2 Å². The molecule has 6 nitrogen and oxygen atoms in total. The second kappa shape index (κ2) is 6.30. The van der Waals surface area contributed by atoms with E-state index in [0.29, 0.717) is 23.2 Å². The Morgan fingerprint density at radius 1 is 1.17 bits per heavy atom. The third-order valence-corrected chi connectivity index (χ3v) is 6.08. The number of anilines is 1. The van der Waals surface area contributed by atoms with Crippen molar-refractivity contribution in [3.8, 4) is 0 Å². The minimum Gasteiger partial charge on any atom is -0.465 e. The molecule has 0 aliphatic carbocycles. The lowest BCUT2D eigenvalue weighted by Gasteiger charge is -2.23. The number of nitrogens with zero attached hydrogens (tertiary/aromatic N) is 2. The Morgan fingerprint density at radius 2 is 1.93 bits per heavy atom. The van der Waals surface area contributed by atoms with E-state index in [-0.39, 0.29) is 17.9 Å². The first-order valence-corrected chi connectivity index (χ1v) is 9.67. The van der Waals surface area contributed by atoms with Crippen molar-refractivity contribution in [3.05, 3.63) is 71.1 Å². The zero-order chi connectivity index (χ0) is 20.3. The van der Waals surface area contributed by atoms with Crippen LogP contribution in [0.1, 0.15) is 46.2 Å². The van der Waals surface area contributed by atoms with Crippen molar-refractivity contribution >= 4 is 29.5 Å². The predicted octanol–water partition coefficient (Wildman–Crippen LogP) is 3.25. The van der Waals surface area contributed by atoms with Gasteiger partial charge in [-0.05, 0) is 19.1 Å². The third kappa shape index (κ3) is 2.20. The minimum absolute atomic E-state index is 0.191. The van der Waals surface area contributed by atoms with Gasteiger partial charge in [0.25, 0.3) is 0 Å². The van der Waals surface area contributed by atoms with Crippen LogP contribution in [0, 0.1) is 5.92 Å². The number of allylic oxidation sites excluding steroid dienone is 3. The molecule has 1 aromatic carbocycles. The molecule has 0 saturated carbocycles. The average Bonchev–Trinajstić information content (AvgIpc) is 3.33. The molecule has 29 heavy (non-hydrogen) atoms. The smallest absolute Gasteiger partial charge is 0.340 e. The molecule has 2 aromatic rings. The summed E-state index contributed by atoms with van der Waals surface area (Å²) in [6.45, 7) is 1.87. The fourth-order valence-electron chi connectivity index (χ4n) is 5.04. The van der Waals surface area contributed by atoms with Gasteiger partial charge in [-0.3, -0.25) is 9.59 Å². The molecule has 0 spiro atoms. The van der Waals surface area contributed by atoms with E-state index < -0.39 is 17.8 Å². The number of carbonyl (C=O) groups is 3. The Bertz CT molecular complexity index is 1110. The van der Waals surface area contributed by atoms with Gasteiger partial charge in [0.1, 0.15) is 0 Å². The fourth-order valence-corrected chi connectivity index (χ4v) is 5.04. The highest BCUT2D eigenvalue weighted by atomic mass is 16.5. The maximum absolute atomic E-state index is 13.5. The van der Waals surface area contributed by atoms with E-state index in [1.807, 2.05) is 54.0 Å². The van der Waals surface area contributed by atoms with E-state index in [1.54, 1.807) is 12.1 Å². The number of hydrogen-bond acceptors (Lipinski definition) is 4. The van der Waals surface area contributed by atoms with Crippen LogP contribution in [0.3, 0.4) is 0 Å². The molecule has 3 aliphatic rings. The summed E-state index contributed by atoms with van der Waals surface area (Å²) in [6, 6.07) is 8.74. The van der Waals surface area contributed by atoms with Gasteiger partial charge >= 0.3 is 5.97 Å². The van der Waals surface area contributed by atoms with E-state index in [1.165, 1.54) is 12.0 Å². The topological polar surface area (TPSA) is 68.6 Å². The molecule has 146 valence electrons. The normalized spacial score (nSPS) is 24.3. The standard InChI is InChI=1S/C23H20N2O4/c1-3-8-14-17(23(28)29-2)15-11-7-12-16-18-19(20(14)25(15)16)22(27)24(21(18)26)13-9-5-4-6-10-13/h3-10,12,16,18-19H,11H2,1-2H3/b8-3+/t16-,18+,19+/m0/s1. The van der Waals surface area contributed by atoms with Gasteiger partial charge in [-0.2, -0.15) is 0 Å². The SMILES string of the molecule is C/C=C/c1c(C(=O)OC)c2n3c1[C@@H]1C(=O)N(c4ccccc4)C(=O)[C@@H]1[C@@H]3C=CC2. The van der Waals surface area contributed by atoms with Crippen LogP contribution in [0.2, 0.25) is 0 Å². The number of methoxy groups -OCH3 is 1. The third-order valence-electron chi connectivity index (χ3n) is 6.08. The van der Waals surface area contributed by atoms with Crippen LogP contribution >= 0.6 is 0 Å². The van der Waals surface area contributed by atoms with E-state index in [2.05, 4.69) is 0 Å². The van der Waals surface area contributed by atoms with Crippen LogP contribution in [0.15, 0.2) is 48.6 Å². The summed E-state index contributed by atoms with van der Waals surface area (Å²) in [4.78, 5) is 40.7. The van der Waals surface area contributed by atoms with Crippen molar-refractivity contribution in [1.29, 1.82) is 0 Å². The second-order valence-corrected chi connectivity index (χ2v) is 7.46. The molecular weight excluding hydrogens is 368 g/mol. The molecule has 4 heterocycles. The predicted molar refractivity (Wildman–Crippen MR) is 108 cm³/mol. The number of rotatable bonds is 3. The van der Waals surface area contributed by atoms with Gasteiger partial charge in [-0.15, -0.1) is 0 Å². The van der Waals surface area contributed by atoms with Gasteiger partial charge < -0.3 is 9.30 Å². The number of benzene rings is 1. The highest BCUT2D eigenvalue weighted by Gasteiger charge is 2.59. The lowest BCUT2D eigenvalue weighted by Crippen LogP contribution is -2.33. The lowest BCUT2D eigenvalue weighted by atomic mass is 9.86. The number of esters is 1. The number of amides is 2. The lowest BCUT2D eigenvalue weighted by molar-refractivity contribution is -0.122. The number of hydrogen-bond donors (Lipinski definition) is 0. The molecule has 0 bridgehead atoms. The summed E-state index contributed by atoms with van der Waals surface area (Å²) in [5, 5.41) is 0. The first-order valence-electron chi connectivity index (χ1n) is 9.67. The molecule has 1 aromatic heterocycles. The van der Waals surface area contributed by atoms with Crippen LogP contribution in [-0.4, -0.2) is 29.5 Å². The fraction of sp³-hybridized carbons (Fsp3) is 0.261. The molecule has 1 saturated heterocycles. The van der Waals surface area contributed by atoms with Gasteiger partial charge in [0.2, 0.25) is 11.8 Å². The van der Waals surface area contributed by atoms with Crippen LogP contribution in [-0.2, 0) is 20.7 Å². The maximum atomic E-state index is 13.5. The minimum atomic E-state index is -0.612. The monoisotopic (exact) mass is 388 g/mol. The van der Waals surface area contributed by atoms with Crippen LogP contribution in [0.5, 0.6) is 0 Å². The van der Waals surface area contributed by atoms with Crippen LogP contribution < -0.4 is 4.90 Å². The molecule has 6 heteroatoms. The van der Waals surface area contributed by atoms with Gasteiger partial charge in [0.15, 0.2) is 0 Å². The summed E-state index contributed by atoms with van der Waals surface area (Å²) in [6.07, 6.45) is 8.21. The zero-order valence-electron chi connectivity index (χ0n) is 16.2. The Hall–Kier alpha value is -3.41. The van der Waals surface area contributed by atoms with Crippen molar-refractivity contribution in [2.45, 2.75) is 25.3 Å². The summed E-state index contributed by atoms with van der Waals surface area (Å²) in [7, 11) is 1.36. The number of ether oxygens (including phenoxy) is 1. The molecule has 3 aliphatic heterocycles. The summed E-state index contributed by atoms with van der Waals surface area (Å²) >= 11 is 0. The molecule has 2 amide bonds. The first kappa shape index (κ1) is 17.7. The number of carbonyl (C=O) groups excluding carboxylic acids is 3. The highest BCUT2D eigenvalue weighted by Crippen LogP contribution is 2.54. The Balaban J connectivity index is 1.74. The van der Waals surface area contributed by atoms with E-state index in [4.69, 9.17) is 4.74 Å². The Kier molecular flexibility index (Phi) is 3.84. The molecule has 1 fully saturated rings. The Labute approximate surface area is 168 Å². The Morgan fingerprint density at radius 3 is 2.62 bits per heavy atom. The van der Waals surface area contributed by atoms with Crippen LogP contribution in [0.4, 0.5) is 5.69 Å². The number of imide groups is 1. The number of fused-ring (bicyclic) bond motifs is 3. The number of para-hydroxylation sites is 1. The highest BCUT2D eigenvalue weighted by molar-refractivity contribution is 6.24. The van der Waals surface area contributed by atoms with Gasteiger partial charge in [-0.25, -0.2) is 9.69 Å². The van der Waals surface area contributed by atoms with Crippen molar-refractivity contribution in [2.75, 3.05) is 12.0 Å². The second-order valence-electron chi connectivity index (χ2n) is 7.46. The van der Waals surface area contributed by atoms with E-state index >= 15 is 0 Å². The molecule has 5 rings (SSSR count). The molecular formula is C23H20N2O4. The molecule has 0 unspecified atom stereocenters. The summed E-state index contributed by atoms with van der Waals surface area (Å²) in [5.74, 6) is -1.96. The largest absolute Gasteiger partial charge is 0.465 e. The molecule has 3 atom stereocenters. The summed E-state index contributed by atoms with van der Waals surface area (Å²) in [5.41, 5.74) is 3.32. The summed E-state index contributed by atoms with van der Waals surface area (Å²) < 4.78 is 7.06. The van der Waals surface area contributed by atoms with E-state index in [0.717, 1.165) is 11.4 Å². The number of aromatic nitrogens is 1. The maximum Gasteiger partial charge on any atom is 0.340 e. The van der Waals surface area contributed by atoms with Crippen molar-refractivity contribution in [2.24, 2.45) is 5.92 Å². The molecule has 0 radical (unpaired) electrons. The van der Waals surface area contributed by atoms with Crippen molar-refractivity contribution in [3.63, 3.8) is 0 Å². The zero-order valence-corrected chi connectivity index (χ0v) is 16.2.